The van der Waals surface area contributed by atoms with E-state index in [9.17, 15) is 0 Å². The predicted molar refractivity (Wildman–Crippen MR) is 90.8 cm³/mol. The van der Waals surface area contributed by atoms with Crippen molar-refractivity contribution in [3.8, 4) is 17.0 Å². The topological polar surface area (TPSA) is 41.5 Å². The zero-order chi connectivity index (χ0) is 15.8. The van der Waals surface area contributed by atoms with Crippen molar-refractivity contribution in [3.63, 3.8) is 0 Å². The van der Waals surface area contributed by atoms with Crippen LogP contribution in [0.5, 0.6) is 5.75 Å². The van der Waals surface area contributed by atoms with Gasteiger partial charge in [-0.25, -0.2) is 0 Å². The van der Waals surface area contributed by atoms with Crippen LogP contribution in [0.1, 0.15) is 12.8 Å². The molecule has 2 saturated heterocycles. The number of methoxy groups -OCH3 is 1. The maximum Gasteiger partial charge on any atom is 0.151 e. The number of hydrogen-bond donors (Lipinski definition) is 0. The van der Waals surface area contributed by atoms with Gasteiger partial charge in [0.05, 0.1) is 12.8 Å². The zero-order valence-electron chi connectivity index (χ0n) is 13.6. The van der Waals surface area contributed by atoms with E-state index in [4.69, 9.17) is 4.74 Å². The summed E-state index contributed by atoms with van der Waals surface area (Å²) in [4.78, 5) is 4.91. The average molecular weight is 310 g/mol. The number of fused-ring (bicyclic) bond motifs is 2. The molecular formula is C18H22N4O. The summed E-state index contributed by atoms with van der Waals surface area (Å²) in [5.74, 6) is 1.85. The molecule has 2 unspecified atom stereocenters. The summed E-state index contributed by atoms with van der Waals surface area (Å²) in [7, 11) is 3.92. The van der Waals surface area contributed by atoms with E-state index in [0.717, 1.165) is 35.9 Å². The SMILES string of the molecule is COc1ccc(-c2ccc(N3CC4CCC(C3)N4C)nn2)cc1. The monoisotopic (exact) mass is 310 g/mol. The second-order valence-electron chi connectivity index (χ2n) is 6.46. The van der Waals surface area contributed by atoms with Gasteiger partial charge in [0.15, 0.2) is 5.82 Å². The van der Waals surface area contributed by atoms with Gasteiger partial charge in [-0.15, -0.1) is 10.2 Å². The maximum atomic E-state index is 5.19. The Morgan fingerprint density at radius 1 is 0.957 bits per heavy atom. The Hall–Kier alpha value is -2.14. The lowest BCUT2D eigenvalue weighted by Gasteiger charge is -2.39. The minimum absolute atomic E-state index is 0.664. The van der Waals surface area contributed by atoms with Crippen LogP contribution in [-0.4, -0.2) is 54.4 Å². The van der Waals surface area contributed by atoms with E-state index >= 15 is 0 Å². The molecule has 2 aliphatic rings. The van der Waals surface area contributed by atoms with Crippen LogP contribution in [0, 0.1) is 0 Å². The Labute approximate surface area is 136 Å². The summed E-state index contributed by atoms with van der Waals surface area (Å²) in [6.07, 6.45) is 2.60. The summed E-state index contributed by atoms with van der Waals surface area (Å²) in [5.41, 5.74) is 1.96. The molecule has 0 amide bonds. The summed E-state index contributed by atoms with van der Waals surface area (Å²) < 4.78 is 5.19. The lowest BCUT2D eigenvalue weighted by atomic mass is 10.1. The lowest BCUT2D eigenvalue weighted by Crippen LogP contribution is -2.52. The van der Waals surface area contributed by atoms with Crippen LogP contribution in [0.2, 0.25) is 0 Å². The fourth-order valence-corrected chi connectivity index (χ4v) is 3.71. The predicted octanol–water partition coefficient (Wildman–Crippen LogP) is 2.44. The summed E-state index contributed by atoms with van der Waals surface area (Å²) >= 11 is 0. The Morgan fingerprint density at radius 2 is 1.65 bits per heavy atom. The number of anilines is 1. The number of piperazine rings is 1. The first-order valence-electron chi connectivity index (χ1n) is 8.19. The standard InChI is InChI=1S/C18H22N4O/c1-21-14-5-6-15(21)12-22(11-14)18-10-9-17(19-20-18)13-3-7-16(23-2)8-4-13/h3-4,7-10,14-15H,5-6,11-12H2,1-2H3. The maximum absolute atomic E-state index is 5.19. The molecule has 2 atom stereocenters. The third kappa shape index (κ3) is 2.65. The van der Waals surface area contributed by atoms with Gasteiger partial charge in [0.2, 0.25) is 0 Å². The number of nitrogens with zero attached hydrogens (tertiary/aromatic N) is 4. The summed E-state index contributed by atoms with van der Waals surface area (Å²) in [5, 5.41) is 8.89. The molecule has 0 spiro atoms. The van der Waals surface area contributed by atoms with E-state index in [1.165, 1.54) is 12.8 Å². The molecule has 0 aliphatic carbocycles. The van der Waals surface area contributed by atoms with E-state index in [-0.39, 0.29) is 0 Å². The van der Waals surface area contributed by atoms with Crippen molar-refractivity contribution < 1.29 is 4.74 Å². The molecule has 0 radical (unpaired) electrons. The van der Waals surface area contributed by atoms with Gasteiger partial charge in [-0.05, 0) is 56.3 Å². The van der Waals surface area contributed by atoms with Crippen LogP contribution in [0.3, 0.4) is 0 Å². The van der Waals surface area contributed by atoms with Crippen LogP contribution in [-0.2, 0) is 0 Å². The third-order valence-corrected chi connectivity index (χ3v) is 5.21. The highest BCUT2D eigenvalue weighted by Crippen LogP contribution is 2.30. The number of ether oxygens (including phenoxy) is 1. The number of benzene rings is 1. The highest BCUT2D eigenvalue weighted by Gasteiger charge is 2.37. The molecule has 1 aromatic heterocycles. The smallest absolute Gasteiger partial charge is 0.151 e. The van der Waals surface area contributed by atoms with Gasteiger partial charge in [0.1, 0.15) is 5.75 Å². The second-order valence-corrected chi connectivity index (χ2v) is 6.46. The minimum atomic E-state index is 0.664. The Morgan fingerprint density at radius 3 is 2.22 bits per heavy atom. The lowest BCUT2D eigenvalue weighted by molar-refractivity contribution is 0.211. The number of rotatable bonds is 3. The summed E-state index contributed by atoms with van der Waals surface area (Å²) in [6.45, 7) is 2.12. The molecule has 2 bridgehead atoms. The van der Waals surface area contributed by atoms with Crippen LogP contribution >= 0.6 is 0 Å². The summed E-state index contributed by atoms with van der Waals surface area (Å²) in [6, 6.07) is 13.4. The molecule has 2 aliphatic heterocycles. The first-order valence-corrected chi connectivity index (χ1v) is 8.19. The van der Waals surface area contributed by atoms with Crippen molar-refractivity contribution in [2.75, 3.05) is 32.1 Å². The van der Waals surface area contributed by atoms with E-state index in [1.54, 1.807) is 7.11 Å². The van der Waals surface area contributed by atoms with Gasteiger partial charge in [-0.2, -0.15) is 0 Å². The molecule has 23 heavy (non-hydrogen) atoms. The molecule has 5 heteroatoms. The fourth-order valence-electron chi connectivity index (χ4n) is 3.71. The molecule has 4 rings (SSSR count). The number of aromatic nitrogens is 2. The van der Waals surface area contributed by atoms with E-state index in [0.29, 0.717) is 12.1 Å². The van der Waals surface area contributed by atoms with E-state index < -0.39 is 0 Å². The Balaban J connectivity index is 1.51. The van der Waals surface area contributed by atoms with Crippen LogP contribution < -0.4 is 9.64 Å². The molecular weight excluding hydrogens is 288 g/mol. The molecule has 2 fully saturated rings. The van der Waals surface area contributed by atoms with Crippen molar-refractivity contribution in [2.24, 2.45) is 0 Å². The molecule has 120 valence electrons. The molecule has 5 nitrogen and oxygen atoms in total. The van der Waals surface area contributed by atoms with Crippen molar-refractivity contribution >= 4 is 5.82 Å². The molecule has 3 heterocycles. The number of hydrogen-bond acceptors (Lipinski definition) is 5. The zero-order valence-corrected chi connectivity index (χ0v) is 13.6. The molecule has 0 saturated carbocycles. The quantitative estimate of drug-likeness (QED) is 0.871. The second kappa shape index (κ2) is 5.81. The van der Waals surface area contributed by atoms with Crippen molar-refractivity contribution in [3.05, 3.63) is 36.4 Å². The van der Waals surface area contributed by atoms with Gasteiger partial charge >= 0.3 is 0 Å². The minimum Gasteiger partial charge on any atom is -0.497 e. The van der Waals surface area contributed by atoms with E-state index in [2.05, 4.69) is 39.2 Å². The fraction of sp³-hybridized carbons (Fsp3) is 0.444. The van der Waals surface area contributed by atoms with Crippen molar-refractivity contribution in [1.82, 2.24) is 15.1 Å². The van der Waals surface area contributed by atoms with Crippen LogP contribution in [0.25, 0.3) is 11.3 Å². The Bertz CT molecular complexity index is 656. The van der Waals surface area contributed by atoms with Crippen molar-refractivity contribution in [1.29, 1.82) is 0 Å². The van der Waals surface area contributed by atoms with Gasteiger partial charge in [0.25, 0.3) is 0 Å². The highest BCUT2D eigenvalue weighted by atomic mass is 16.5. The number of likely N-dealkylation sites (N-methyl/N-ethyl adjacent to an activating group) is 1. The van der Waals surface area contributed by atoms with Crippen LogP contribution in [0.15, 0.2) is 36.4 Å². The normalized spacial score (nSPS) is 24.0. The molecule has 0 N–H and O–H groups in total. The molecule has 1 aromatic carbocycles. The first kappa shape index (κ1) is 14.5. The van der Waals surface area contributed by atoms with Crippen LogP contribution in [0.4, 0.5) is 5.82 Å². The van der Waals surface area contributed by atoms with Gasteiger partial charge in [0, 0.05) is 30.7 Å². The van der Waals surface area contributed by atoms with E-state index in [1.807, 2.05) is 24.3 Å². The van der Waals surface area contributed by atoms with Gasteiger partial charge in [-0.3, -0.25) is 4.90 Å². The highest BCUT2D eigenvalue weighted by molar-refractivity contribution is 5.60. The van der Waals surface area contributed by atoms with Crippen molar-refractivity contribution in [2.45, 2.75) is 24.9 Å². The third-order valence-electron chi connectivity index (χ3n) is 5.21. The average Bonchev–Trinajstić information content (AvgIpc) is 2.83. The van der Waals surface area contributed by atoms with Gasteiger partial charge in [-0.1, -0.05) is 0 Å². The van der Waals surface area contributed by atoms with Gasteiger partial charge < -0.3 is 9.64 Å². The Kier molecular flexibility index (Phi) is 3.65. The first-order chi connectivity index (χ1) is 11.2. The largest absolute Gasteiger partial charge is 0.497 e. The molecule has 2 aromatic rings.